The first-order valence-electron chi connectivity index (χ1n) is 7.31. The number of nitrogens with zero attached hydrogens (tertiary/aromatic N) is 1. The molecule has 0 spiro atoms. The molecule has 23 heavy (non-hydrogen) atoms. The molecule has 0 radical (unpaired) electrons. The lowest BCUT2D eigenvalue weighted by molar-refractivity contribution is -0.119. The highest BCUT2D eigenvalue weighted by Gasteiger charge is 2.50. The number of carbonyl (C=O) groups is 1. The summed E-state index contributed by atoms with van der Waals surface area (Å²) in [6, 6.07) is 9.68. The van der Waals surface area contributed by atoms with Crippen LogP contribution in [0, 0.1) is 5.82 Å². The molecule has 1 aliphatic heterocycles. The number of hydrogen-bond donors (Lipinski definition) is 1. The summed E-state index contributed by atoms with van der Waals surface area (Å²) in [5, 5.41) is 2.81. The van der Waals surface area contributed by atoms with Crippen molar-refractivity contribution in [3.05, 3.63) is 53.5 Å². The van der Waals surface area contributed by atoms with E-state index in [0.29, 0.717) is 41.5 Å². The zero-order chi connectivity index (χ0) is 16.4. The molecule has 1 aromatic carbocycles. The van der Waals surface area contributed by atoms with Gasteiger partial charge in [0.1, 0.15) is 11.2 Å². The number of fused-ring (bicyclic) bond motifs is 1. The van der Waals surface area contributed by atoms with E-state index in [-0.39, 0.29) is 5.91 Å². The fraction of sp³-hybridized carbons (Fsp3) is 0.294. The van der Waals surface area contributed by atoms with E-state index in [1.807, 2.05) is 0 Å². The van der Waals surface area contributed by atoms with Crippen LogP contribution >= 0.6 is 11.6 Å². The summed E-state index contributed by atoms with van der Waals surface area (Å²) < 4.78 is 19.7. The Labute approximate surface area is 138 Å². The number of alkyl halides is 1. The van der Waals surface area contributed by atoms with Crippen LogP contribution < -0.4 is 10.1 Å². The molecule has 1 unspecified atom stereocenters. The fourth-order valence-corrected chi connectivity index (χ4v) is 3.21. The molecule has 1 aliphatic rings. The van der Waals surface area contributed by atoms with E-state index in [1.165, 1.54) is 13.2 Å². The van der Waals surface area contributed by atoms with E-state index in [4.69, 9.17) is 16.3 Å². The Hall–Kier alpha value is -2.14. The molecule has 120 valence electrons. The molecule has 0 fully saturated rings. The number of nitrogens with one attached hydrogen (secondary N) is 1. The Morgan fingerprint density at radius 1 is 1.30 bits per heavy atom. The quantitative estimate of drug-likeness (QED) is 0.852. The molecule has 0 saturated heterocycles. The highest BCUT2D eigenvalue weighted by Crippen LogP contribution is 2.46. The SMILES string of the molecule is COc1ccc2c(n1)C(CCCCl)(c1ccccc1F)C(=O)N2. The lowest BCUT2D eigenvalue weighted by Gasteiger charge is -2.27. The van der Waals surface area contributed by atoms with E-state index in [1.54, 1.807) is 30.3 Å². The average Bonchev–Trinajstić information content (AvgIpc) is 2.85. The first-order chi connectivity index (χ1) is 11.1. The van der Waals surface area contributed by atoms with Gasteiger partial charge in [-0.3, -0.25) is 4.79 Å². The number of ether oxygens (including phenoxy) is 1. The predicted molar refractivity (Wildman–Crippen MR) is 86.6 cm³/mol. The summed E-state index contributed by atoms with van der Waals surface area (Å²) >= 11 is 5.83. The van der Waals surface area contributed by atoms with Gasteiger partial charge in [0, 0.05) is 17.5 Å². The predicted octanol–water partition coefficient (Wildman–Crippen LogP) is 3.49. The molecule has 3 rings (SSSR count). The van der Waals surface area contributed by atoms with E-state index >= 15 is 0 Å². The first-order valence-corrected chi connectivity index (χ1v) is 7.85. The summed E-state index contributed by atoms with van der Waals surface area (Å²) in [6.07, 6.45) is 0.929. The third kappa shape index (κ3) is 2.45. The smallest absolute Gasteiger partial charge is 0.241 e. The van der Waals surface area contributed by atoms with Gasteiger partial charge in [0.2, 0.25) is 11.8 Å². The van der Waals surface area contributed by atoms with E-state index < -0.39 is 11.2 Å². The number of rotatable bonds is 5. The van der Waals surface area contributed by atoms with E-state index in [0.717, 1.165) is 0 Å². The topological polar surface area (TPSA) is 51.2 Å². The van der Waals surface area contributed by atoms with Gasteiger partial charge in [0.15, 0.2) is 0 Å². The van der Waals surface area contributed by atoms with Crippen LogP contribution in [0.25, 0.3) is 0 Å². The Balaban J connectivity index is 2.25. The summed E-state index contributed by atoms with van der Waals surface area (Å²) in [5.74, 6) is 0.0352. The Morgan fingerprint density at radius 2 is 2.09 bits per heavy atom. The minimum atomic E-state index is -1.19. The van der Waals surface area contributed by atoms with Crippen molar-refractivity contribution >= 4 is 23.2 Å². The van der Waals surface area contributed by atoms with Crippen molar-refractivity contribution in [1.82, 2.24) is 4.98 Å². The Bertz CT molecular complexity index is 753. The number of aromatic nitrogens is 1. The number of carbonyl (C=O) groups excluding carboxylic acids is 1. The normalized spacial score (nSPS) is 19.3. The molecule has 1 aromatic heterocycles. The van der Waals surface area contributed by atoms with Crippen molar-refractivity contribution in [3.63, 3.8) is 0 Å². The molecular weight excluding hydrogens is 319 g/mol. The average molecular weight is 335 g/mol. The largest absolute Gasteiger partial charge is 0.481 e. The Morgan fingerprint density at radius 3 is 2.78 bits per heavy atom. The van der Waals surface area contributed by atoms with Crippen molar-refractivity contribution in [2.75, 3.05) is 18.3 Å². The number of benzene rings is 1. The fourth-order valence-electron chi connectivity index (χ4n) is 3.07. The van der Waals surface area contributed by atoms with Crippen molar-refractivity contribution < 1.29 is 13.9 Å². The molecule has 2 aromatic rings. The van der Waals surface area contributed by atoms with E-state index in [9.17, 15) is 9.18 Å². The van der Waals surface area contributed by atoms with Crippen LogP contribution in [0.2, 0.25) is 0 Å². The molecule has 6 heteroatoms. The zero-order valence-corrected chi connectivity index (χ0v) is 13.4. The lowest BCUT2D eigenvalue weighted by Crippen LogP contribution is -2.37. The van der Waals surface area contributed by atoms with Gasteiger partial charge in [0.25, 0.3) is 0 Å². The second kappa shape index (κ2) is 6.16. The summed E-state index contributed by atoms with van der Waals surface area (Å²) in [7, 11) is 1.50. The molecule has 1 N–H and O–H groups in total. The first kappa shape index (κ1) is 15.7. The molecule has 2 heterocycles. The van der Waals surface area contributed by atoms with Crippen LogP contribution in [-0.2, 0) is 10.2 Å². The van der Waals surface area contributed by atoms with Crippen LogP contribution in [0.1, 0.15) is 24.1 Å². The monoisotopic (exact) mass is 334 g/mol. The van der Waals surface area contributed by atoms with E-state index in [2.05, 4.69) is 10.3 Å². The number of methoxy groups -OCH3 is 1. The van der Waals surface area contributed by atoms with Crippen molar-refractivity contribution in [2.24, 2.45) is 0 Å². The van der Waals surface area contributed by atoms with Crippen LogP contribution in [0.5, 0.6) is 5.88 Å². The zero-order valence-electron chi connectivity index (χ0n) is 12.6. The van der Waals surface area contributed by atoms with Gasteiger partial charge in [-0.05, 0) is 25.0 Å². The maximum Gasteiger partial charge on any atom is 0.241 e. The third-order valence-corrected chi connectivity index (χ3v) is 4.41. The number of anilines is 1. The van der Waals surface area contributed by atoms with Gasteiger partial charge in [-0.2, -0.15) is 0 Å². The summed E-state index contributed by atoms with van der Waals surface area (Å²) in [5.41, 5.74) is 0.178. The Kier molecular flexibility index (Phi) is 4.22. The van der Waals surface area contributed by atoms with Crippen molar-refractivity contribution in [3.8, 4) is 5.88 Å². The van der Waals surface area contributed by atoms with Crippen molar-refractivity contribution in [1.29, 1.82) is 0 Å². The molecule has 1 atom stereocenters. The lowest BCUT2D eigenvalue weighted by atomic mass is 9.74. The highest BCUT2D eigenvalue weighted by atomic mass is 35.5. The molecule has 0 bridgehead atoms. The van der Waals surface area contributed by atoms with Crippen LogP contribution in [0.15, 0.2) is 36.4 Å². The molecule has 1 amide bonds. The standard InChI is InChI=1S/C17H16ClFN2O2/c1-23-14-8-7-13-15(21-14)17(9-4-10-18,16(22)20-13)11-5-2-3-6-12(11)19/h2-3,5-8H,4,9-10H2,1H3,(H,20,22). The second-order valence-corrected chi connectivity index (χ2v) is 5.76. The van der Waals surface area contributed by atoms with Crippen LogP contribution in [-0.4, -0.2) is 23.9 Å². The molecule has 0 aliphatic carbocycles. The number of halogens is 2. The molecule has 0 saturated carbocycles. The summed E-state index contributed by atoms with van der Waals surface area (Å²) in [4.78, 5) is 17.2. The second-order valence-electron chi connectivity index (χ2n) is 5.38. The third-order valence-electron chi connectivity index (χ3n) is 4.14. The van der Waals surface area contributed by atoms with Gasteiger partial charge in [-0.25, -0.2) is 9.37 Å². The van der Waals surface area contributed by atoms with Gasteiger partial charge in [0.05, 0.1) is 18.5 Å². The minimum Gasteiger partial charge on any atom is -0.481 e. The summed E-state index contributed by atoms with van der Waals surface area (Å²) in [6.45, 7) is 0. The number of hydrogen-bond acceptors (Lipinski definition) is 3. The van der Waals surface area contributed by atoms with Gasteiger partial charge in [-0.1, -0.05) is 18.2 Å². The maximum atomic E-state index is 14.5. The number of pyridine rings is 1. The van der Waals surface area contributed by atoms with Crippen LogP contribution in [0.4, 0.5) is 10.1 Å². The molecular formula is C17H16ClFN2O2. The van der Waals surface area contributed by atoms with Crippen molar-refractivity contribution in [2.45, 2.75) is 18.3 Å². The minimum absolute atomic E-state index is 0.288. The van der Waals surface area contributed by atoms with Gasteiger partial charge >= 0.3 is 0 Å². The number of amides is 1. The van der Waals surface area contributed by atoms with Gasteiger partial charge < -0.3 is 10.1 Å². The highest BCUT2D eigenvalue weighted by molar-refractivity contribution is 6.17. The van der Waals surface area contributed by atoms with Crippen LogP contribution in [0.3, 0.4) is 0 Å². The maximum absolute atomic E-state index is 14.5. The molecule has 4 nitrogen and oxygen atoms in total. The van der Waals surface area contributed by atoms with Gasteiger partial charge in [-0.15, -0.1) is 11.6 Å².